The first kappa shape index (κ1) is 24.6. The lowest BCUT2D eigenvalue weighted by atomic mass is 10.1. The molecule has 0 aliphatic heterocycles. The second-order valence-corrected chi connectivity index (χ2v) is 8.07. The lowest BCUT2D eigenvalue weighted by molar-refractivity contribution is -0.131. The van der Waals surface area contributed by atoms with E-state index >= 15 is 0 Å². The molecule has 4 rings (SSSR count). The molecule has 7 heteroatoms. The number of carbonyl (C=O) groups excluding carboxylic acids is 2. The SMILES string of the molecule is COCCN(CC(=O)Nc1cc(-c2ccccc2)nn1-c1ccccc1)C(=O)C=Cc1ccccc1. The summed E-state index contributed by atoms with van der Waals surface area (Å²) >= 11 is 0. The highest BCUT2D eigenvalue weighted by atomic mass is 16.5. The summed E-state index contributed by atoms with van der Waals surface area (Å²) in [6, 6.07) is 30.7. The van der Waals surface area contributed by atoms with Crippen LogP contribution in [0.15, 0.2) is 103 Å². The molecule has 4 aromatic rings. The molecule has 0 atom stereocenters. The second-order valence-electron chi connectivity index (χ2n) is 8.07. The van der Waals surface area contributed by atoms with E-state index in [4.69, 9.17) is 9.84 Å². The normalized spacial score (nSPS) is 10.9. The molecule has 0 spiro atoms. The Balaban J connectivity index is 1.53. The standard InChI is InChI=1S/C29H28N4O3/c1-36-20-19-32(29(35)18-17-23-11-5-2-6-12-23)22-28(34)30-27-21-26(24-13-7-3-8-14-24)31-33(27)25-15-9-4-10-16-25/h2-18,21H,19-20,22H2,1H3,(H,30,34). The van der Waals surface area contributed by atoms with Crippen molar-refractivity contribution in [2.24, 2.45) is 0 Å². The summed E-state index contributed by atoms with van der Waals surface area (Å²) in [7, 11) is 1.56. The Hall–Kier alpha value is -4.49. The van der Waals surface area contributed by atoms with Crippen LogP contribution in [0.5, 0.6) is 0 Å². The summed E-state index contributed by atoms with van der Waals surface area (Å²) in [5.41, 5.74) is 3.38. The van der Waals surface area contributed by atoms with Crippen molar-refractivity contribution in [2.45, 2.75) is 0 Å². The van der Waals surface area contributed by atoms with Gasteiger partial charge in [-0.15, -0.1) is 0 Å². The number of ether oxygens (including phenoxy) is 1. The lowest BCUT2D eigenvalue weighted by Crippen LogP contribution is -2.39. The largest absolute Gasteiger partial charge is 0.383 e. The van der Waals surface area contributed by atoms with E-state index in [0.29, 0.717) is 12.4 Å². The van der Waals surface area contributed by atoms with Gasteiger partial charge in [0.25, 0.3) is 0 Å². The van der Waals surface area contributed by atoms with Crippen LogP contribution >= 0.6 is 0 Å². The van der Waals surface area contributed by atoms with E-state index in [0.717, 1.165) is 22.5 Å². The fourth-order valence-corrected chi connectivity index (χ4v) is 3.65. The van der Waals surface area contributed by atoms with Gasteiger partial charge in [0, 0.05) is 31.4 Å². The summed E-state index contributed by atoms with van der Waals surface area (Å²) in [6.07, 6.45) is 3.21. The van der Waals surface area contributed by atoms with E-state index in [2.05, 4.69) is 5.32 Å². The molecule has 0 aliphatic carbocycles. The first-order valence-corrected chi connectivity index (χ1v) is 11.7. The number of anilines is 1. The van der Waals surface area contributed by atoms with Crippen molar-refractivity contribution in [1.82, 2.24) is 14.7 Å². The molecule has 36 heavy (non-hydrogen) atoms. The zero-order valence-corrected chi connectivity index (χ0v) is 20.1. The molecule has 0 aliphatic rings. The van der Waals surface area contributed by atoms with Gasteiger partial charge >= 0.3 is 0 Å². The van der Waals surface area contributed by atoms with Crippen molar-refractivity contribution in [1.29, 1.82) is 0 Å². The number of nitrogens with zero attached hydrogens (tertiary/aromatic N) is 3. The number of hydrogen-bond acceptors (Lipinski definition) is 4. The second kappa shape index (κ2) is 12.3. The van der Waals surface area contributed by atoms with E-state index in [-0.39, 0.29) is 24.9 Å². The van der Waals surface area contributed by atoms with Gasteiger partial charge in [0.2, 0.25) is 11.8 Å². The number of rotatable bonds is 10. The van der Waals surface area contributed by atoms with E-state index in [1.54, 1.807) is 17.9 Å². The molecule has 0 saturated heterocycles. The summed E-state index contributed by atoms with van der Waals surface area (Å²) in [5, 5.41) is 7.66. The zero-order chi connectivity index (χ0) is 25.2. The highest BCUT2D eigenvalue weighted by molar-refractivity contribution is 5.98. The Morgan fingerprint density at radius 3 is 2.25 bits per heavy atom. The number of benzene rings is 3. The van der Waals surface area contributed by atoms with Crippen LogP contribution in [0.4, 0.5) is 5.82 Å². The minimum atomic E-state index is -0.329. The molecule has 1 heterocycles. The summed E-state index contributed by atoms with van der Waals surface area (Å²) in [4.78, 5) is 27.4. The maximum atomic E-state index is 13.1. The minimum Gasteiger partial charge on any atom is -0.383 e. The van der Waals surface area contributed by atoms with Gasteiger partial charge in [0.05, 0.1) is 18.0 Å². The Kier molecular flexibility index (Phi) is 8.40. The predicted octanol–water partition coefficient (Wildman–Crippen LogP) is 4.67. The molecule has 0 fully saturated rings. The Morgan fingerprint density at radius 1 is 0.944 bits per heavy atom. The fourth-order valence-electron chi connectivity index (χ4n) is 3.65. The molecular weight excluding hydrogens is 452 g/mol. The van der Waals surface area contributed by atoms with Crippen molar-refractivity contribution in [3.8, 4) is 16.9 Å². The Bertz CT molecular complexity index is 1300. The summed E-state index contributed by atoms with van der Waals surface area (Å²) in [6.45, 7) is 0.482. The van der Waals surface area contributed by atoms with Crippen LogP contribution in [0.2, 0.25) is 0 Å². The van der Waals surface area contributed by atoms with Gasteiger partial charge < -0.3 is 15.0 Å². The molecule has 0 radical (unpaired) electrons. The quantitative estimate of drug-likeness (QED) is 0.335. The maximum absolute atomic E-state index is 13.1. The van der Waals surface area contributed by atoms with Gasteiger partial charge in [0.15, 0.2) is 0 Å². The number of para-hydroxylation sites is 1. The van der Waals surface area contributed by atoms with Crippen molar-refractivity contribution in [2.75, 3.05) is 32.1 Å². The number of hydrogen-bond donors (Lipinski definition) is 1. The third-order valence-electron chi connectivity index (χ3n) is 5.48. The van der Waals surface area contributed by atoms with Crippen molar-refractivity contribution >= 4 is 23.7 Å². The van der Waals surface area contributed by atoms with Gasteiger partial charge in [-0.2, -0.15) is 5.10 Å². The highest BCUT2D eigenvalue weighted by Crippen LogP contribution is 2.24. The van der Waals surface area contributed by atoms with Crippen LogP contribution in [-0.2, 0) is 14.3 Å². The van der Waals surface area contributed by atoms with Gasteiger partial charge in [0.1, 0.15) is 12.4 Å². The van der Waals surface area contributed by atoms with E-state index in [1.807, 2.05) is 97.1 Å². The topological polar surface area (TPSA) is 76.5 Å². The molecule has 0 saturated carbocycles. The van der Waals surface area contributed by atoms with Gasteiger partial charge in [-0.25, -0.2) is 4.68 Å². The first-order chi connectivity index (χ1) is 17.6. The van der Waals surface area contributed by atoms with Gasteiger partial charge in [-0.1, -0.05) is 78.9 Å². The molecule has 0 unspecified atom stereocenters. The third kappa shape index (κ3) is 6.55. The van der Waals surface area contributed by atoms with Crippen LogP contribution < -0.4 is 5.32 Å². The molecule has 2 amide bonds. The van der Waals surface area contributed by atoms with Crippen molar-refractivity contribution < 1.29 is 14.3 Å². The summed E-state index contributed by atoms with van der Waals surface area (Å²) in [5.74, 6) is -0.0825. The number of methoxy groups -OCH3 is 1. The first-order valence-electron chi connectivity index (χ1n) is 11.7. The predicted molar refractivity (Wildman–Crippen MR) is 142 cm³/mol. The monoisotopic (exact) mass is 480 g/mol. The van der Waals surface area contributed by atoms with Crippen molar-refractivity contribution in [3.63, 3.8) is 0 Å². The molecule has 7 nitrogen and oxygen atoms in total. The lowest BCUT2D eigenvalue weighted by Gasteiger charge is -2.20. The average Bonchev–Trinajstić information content (AvgIpc) is 3.34. The molecular formula is C29H28N4O3. The maximum Gasteiger partial charge on any atom is 0.247 e. The molecule has 1 N–H and O–H groups in total. The number of carbonyl (C=O) groups is 2. The smallest absolute Gasteiger partial charge is 0.247 e. The van der Waals surface area contributed by atoms with Crippen LogP contribution in [0.3, 0.4) is 0 Å². The minimum absolute atomic E-state index is 0.123. The van der Waals surface area contributed by atoms with E-state index < -0.39 is 0 Å². The zero-order valence-electron chi connectivity index (χ0n) is 20.1. The van der Waals surface area contributed by atoms with Gasteiger partial charge in [-0.3, -0.25) is 9.59 Å². The van der Waals surface area contributed by atoms with E-state index in [1.165, 1.54) is 11.0 Å². The average molecular weight is 481 g/mol. The molecule has 182 valence electrons. The summed E-state index contributed by atoms with van der Waals surface area (Å²) < 4.78 is 6.84. The highest BCUT2D eigenvalue weighted by Gasteiger charge is 2.18. The van der Waals surface area contributed by atoms with Crippen LogP contribution in [0.1, 0.15) is 5.56 Å². The molecule has 0 bridgehead atoms. The molecule has 1 aromatic heterocycles. The van der Waals surface area contributed by atoms with Crippen LogP contribution in [0, 0.1) is 0 Å². The van der Waals surface area contributed by atoms with Crippen LogP contribution in [0.25, 0.3) is 23.0 Å². The van der Waals surface area contributed by atoms with E-state index in [9.17, 15) is 9.59 Å². The number of nitrogens with one attached hydrogen (secondary N) is 1. The Labute approximate surface area is 210 Å². The third-order valence-corrected chi connectivity index (χ3v) is 5.48. The fraction of sp³-hybridized carbons (Fsp3) is 0.138. The number of amides is 2. The molecule has 3 aromatic carbocycles. The van der Waals surface area contributed by atoms with Crippen molar-refractivity contribution in [3.05, 3.63) is 109 Å². The van der Waals surface area contributed by atoms with Crippen LogP contribution in [-0.4, -0.2) is 53.3 Å². The Morgan fingerprint density at radius 2 is 1.58 bits per heavy atom. The number of aromatic nitrogens is 2. The van der Waals surface area contributed by atoms with Gasteiger partial charge in [-0.05, 0) is 23.8 Å².